The molecule has 4 aromatic rings. The third kappa shape index (κ3) is 4.75. The van der Waals surface area contributed by atoms with E-state index in [2.05, 4.69) is 15.0 Å². The van der Waals surface area contributed by atoms with E-state index < -0.39 is 10.0 Å². The monoisotopic (exact) mass is 507 g/mol. The maximum absolute atomic E-state index is 14.1. The fraction of sp³-hybridized carbons (Fsp3) is 0.120. The molecule has 10 heteroatoms. The molecule has 2 aromatic carbocycles. The van der Waals surface area contributed by atoms with Gasteiger partial charge in [-0.05, 0) is 78.9 Å². The van der Waals surface area contributed by atoms with Crippen LogP contribution in [-0.2, 0) is 10.0 Å². The lowest BCUT2D eigenvalue weighted by atomic mass is 10.0. The van der Waals surface area contributed by atoms with Crippen molar-refractivity contribution in [2.75, 3.05) is 15.9 Å². The number of nitrogens with one attached hydrogen (secondary N) is 2. The molecule has 0 spiro atoms. The zero-order valence-corrected chi connectivity index (χ0v) is 20.3. The molecule has 2 atom stereocenters. The molecule has 2 N–H and O–H groups in total. The number of benzene rings is 2. The van der Waals surface area contributed by atoms with Crippen LogP contribution in [0, 0.1) is 5.82 Å². The molecule has 1 saturated heterocycles. The predicted molar refractivity (Wildman–Crippen MR) is 139 cm³/mol. The van der Waals surface area contributed by atoms with Gasteiger partial charge in [-0.2, -0.15) is 0 Å². The molecule has 178 valence electrons. The maximum Gasteiger partial charge on any atom is 0.229 e. The SMILES string of the molecule is CS(=O)(=O)Nc1ccc(N2C(=S)N[C@H](c3ccccn3)[C@@H]2c2cccn2-c2cccc(F)c2)cc1. The molecule has 35 heavy (non-hydrogen) atoms. The molecule has 1 fully saturated rings. The number of pyridine rings is 1. The highest BCUT2D eigenvalue weighted by Crippen LogP contribution is 2.42. The van der Waals surface area contributed by atoms with E-state index in [1.54, 1.807) is 24.4 Å². The number of nitrogens with zero attached hydrogens (tertiary/aromatic N) is 3. The van der Waals surface area contributed by atoms with Crippen LogP contribution in [0.1, 0.15) is 23.5 Å². The van der Waals surface area contributed by atoms with Gasteiger partial charge in [0.05, 0.1) is 18.0 Å². The van der Waals surface area contributed by atoms with E-state index in [4.69, 9.17) is 12.2 Å². The predicted octanol–water partition coefficient (Wildman–Crippen LogP) is 4.56. The Hall–Kier alpha value is -3.76. The van der Waals surface area contributed by atoms with Gasteiger partial charge in [0.25, 0.3) is 0 Å². The topological polar surface area (TPSA) is 79.3 Å². The Balaban J connectivity index is 1.61. The molecule has 1 aliphatic rings. The molecule has 7 nitrogen and oxygen atoms in total. The second kappa shape index (κ2) is 9.12. The van der Waals surface area contributed by atoms with E-state index >= 15 is 0 Å². The van der Waals surface area contributed by atoms with Crippen LogP contribution in [0.25, 0.3) is 5.69 Å². The second-order valence-electron chi connectivity index (χ2n) is 8.20. The molecular formula is C25H22FN5O2S2. The molecule has 0 bridgehead atoms. The zero-order valence-electron chi connectivity index (χ0n) is 18.7. The minimum Gasteiger partial charge on any atom is -0.351 e. The highest BCUT2D eigenvalue weighted by Gasteiger charge is 2.42. The van der Waals surface area contributed by atoms with Gasteiger partial charge in [-0.1, -0.05) is 12.1 Å². The fourth-order valence-electron chi connectivity index (χ4n) is 4.33. The summed E-state index contributed by atoms with van der Waals surface area (Å²) in [5.74, 6) is -0.325. The molecular weight excluding hydrogens is 485 g/mol. The molecule has 2 aromatic heterocycles. The van der Waals surface area contributed by atoms with Crippen LogP contribution in [0.2, 0.25) is 0 Å². The molecule has 0 saturated carbocycles. The average Bonchev–Trinajstić information content (AvgIpc) is 3.43. The van der Waals surface area contributed by atoms with Crippen LogP contribution < -0.4 is 14.9 Å². The third-order valence-electron chi connectivity index (χ3n) is 5.72. The Morgan fingerprint density at radius 1 is 1.00 bits per heavy atom. The summed E-state index contributed by atoms with van der Waals surface area (Å²) in [6.07, 6.45) is 4.73. The number of rotatable bonds is 6. The number of hydrogen-bond acceptors (Lipinski definition) is 4. The van der Waals surface area contributed by atoms with Gasteiger partial charge < -0.3 is 14.8 Å². The van der Waals surface area contributed by atoms with Gasteiger partial charge in [0.1, 0.15) is 11.9 Å². The van der Waals surface area contributed by atoms with Crippen molar-refractivity contribution < 1.29 is 12.8 Å². The maximum atomic E-state index is 14.1. The van der Waals surface area contributed by atoms with Gasteiger partial charge in [-0.3, -0.25) is 9.71 Å². The molecule has 1 aliphatic heterocycles. The average molecular weight is 508 g/mol. The Bertz CT molecular complexity index is 1470. The van der Waals surface area contributed by atoms with Crippen molar-refractivity contribution in [3.8, 4) is 5.69 Å². The van der Waals surface area contributed by atoms with E-state index in [1.807, 2.05) is 64.2 Å². The lowest BCUT2D eigenvalue weighted by Gasteiger charge is -2.29. The van der Waals surface area contributed by atoms with Gasteiger partial charge in [0, 0.05) is 35.1 Å². The van der Waals surface area contributed by atoms with Crippen LogP contribution >= 0.6 is 12.2 Å². The van der Waals surface area contributed by atoms with Gasteiger partial charge in [0.2, 0.25) is 10.0 Å². The van der Waals surface area contributed by atoms with E-state index in [0.717, 1.165) is 23.3 Å². The summed E-state index contributed by atoms with van der Waals surface area (Å²) in [5.41, 5.74) is 3.61. The Morgan fingerprint density at radius 2 is 1.80 bits per heavy atom. The molecule has 0 amide bonds. The quantitative estimate of drug-likeness (QED) is 0.373. The second-order valence-corrected chi connectivity index (χ2v) is 10.3. The highest BCUT2D eigenvalue weighted by atomic mass is 32.2. The molecule has 5 rings (SSSR count). The largest absolute Gasteiger partial charge is 0.351 e. The Labute approximate surface area is 208 Å². The first-order chi connectivity index (χ1) is 16.8. The van der Waals surface area contributed by atoms with Gasteiger partial charge in [-0.25, -0.2) is 12.8 Å². The minimum atomic E-state index is -3.39. The summed E-state index contributed by atoms with van der Waals surface area (Å²) in [7, 11) is -3.39. The normalized spacial score (nSPS) is 17.9. The number of sulfonamides is 1. The molecule has 0 radical (unpaired) electrons. The van der Waals surface area contributed by atoms with Crippen LogP contribution in [0.3, 0.4) is 0 Å². The Kier molecular flexibility index (Phi) is 6.00. The summed E-state index contributed by atoms with van der Waals surface area (Å²) in [4.78, 5) is 6.54. The lowest BCUT2D eigenvalue weighted by molar-refractivity contribution is 0.549. The van der Waals surface area contributed by atoms with Crippen molar-refractivity contribution in [1.82, 2.24) is 14.9 Å². The highest BCUT2D eigenvalue weighted by molar-refractivity contribution is 7.92. The smallest absolute Gasteiger partial charge is 0.229 e. The minimum absolute atomic E-state index is 0.278. The molecule has 0 aliphatic carbocycles. The van der Waals surface area contributed by atoms with Crippen LogP contribution in [-0.4, -0.2) is 29.3 Å². The van der Waals surface area contributed by atoms with Gasteiger partial charge in [0.15, 0.2) is 5.11 Å². The summed E-state index contributed by atoms with van der Waals surface area (Å²) in [5, 5.41) is 3.90. The van der Waals surface area contributed by atoms with Crippen molar-refractivity contribution in [3.63, 3.8) is 0 Å². The van der Waals surface area contributed by atoms with Crippen molar-refractivity contribution in [2.24, 2.45) is 0 Å². The van der Waals surface area contributed by atoms with Gasteiger partial charge in [-0.15, -0.1) is 0 Å². The van der Waals surface area contributed by atoms with Crippen LogP contribution in [0.15, 0.2) is 91.3 Å². The molecule has 0 unspecified atom stereocenters. The van der Waals surface area contributed by atoms with Crippen molar-refractivity contribution in [2.45, 2.75) is 12.1 Å². The first-order valence-electron chi connectivity index (χ1n) is 10.8. The van der Waals surface area contributed by atoms with Crippen molar-refractivity contribution in [1.29, 1.82) is 0 Å². The number of hydrogen-bond donors (Lipinski definition) is 2. The lowest BCUT2D eigenvalue weighted by Crippen LogP contribution is -2.30. The third-order valence-corrected chi connectivity index (χ3v) is 6.64. The molecule has 3 heterocycles. The van der Waals surface area contributed by atoms with E-state index in [-0.39, 0.29) is 17.9 Å². The van der Waals surface area contributed by atoms with Crippen LogP contribution in [0.4, 0.5) is 15.8 Å². The summed E-state index contributed by atoms with van der Waals surface area (Å²) >= 11 is 5.76. The van der Waals surface area contributed by atoms with E-state index in [1.165, 1.54) is 12.1 Å². The van der Waals surface area contributed by atoms with Gasteiger partial charge >= 0.3 is 0 Å². The number of anilines is 2. The fourth-order valence-corrected chi connectivity index (χ4v) is 5.24. The van der Waals surface area contributed by atoms with E-state index in [0.29, 0.717) is 16.5 Å². The first-order valence-corrected chi connectivity index (χ1v) is 13.1. The van der Waals surface area contributed by atoms with E-state index in [9.17, 15) is 12.8 Å². The number of aromatic nitrogens is 2. The number of thiocarbonyl (C=S) groups is 1. The summed E-state index contributed by atoms with van der Waals surface area (Å²) < 4.78 is 41.7. The summed E-state index contributed by atoms with van der Waals surface area (Å²) in [6, 6.07) is 22.4. The number of halogens is 1. The zero-order chi connectivity index (χ0) is 24.6. The summed E-state index contributed by atoms with van der Waals surface area (Å²) in [6.45, 7) is 0. The Morgan fingerprint density at radius 3 is 2.49 bits per heavy atom. The first kappa shape index (κ1) is 23.0. The van der Waals surface area contributed by atoms with Crippen LogP contribution in [0.5, 0.6) is 0 Å². The van der Waals surface area contributed by atoms with Crippen molar-refractivity contribution in [3.05, 3.63) is 108 Å². The standard InChI is InChI=1S/C25H22FN5O2S2/c1-35(32,33)29-18-10-12-19(13-11-18)31-24(23(28-25(31)34)21-8-2-3-14-27-21)22-9-5-15-30(22)20-7-4-6-17(26)16-20/h2-16,23-24,29H,1H3,(H,28,34)/t23-,24+/m1/s1. The van der Waals surface area contributed by atoms with Crippen molar-refractivity contribution >= 4 is 38.7 Å².